The predicted molar refractivity (Wildman–Crippen MR) is 90.7 cm³/mol. The standard InChI is InChI=1S/C19H22O5/c1-10-17-11(2)19(24-15(17)9-16(23-5)18(10)20)12-6-7-13(21-3)14(8-12)22-4/h6-9,11,19-20H,1-5H3/t11?,19-/m1/s1. The third-order valence-electron chi connectivity index (χ3n) is 4.64. The van der Waals surface area contributed by atoms with Gasteiger partial charge in [0.25, 0.3) is 0 Å². The number of fused-ring (bicyclic) bond motifs is 1. The van der Waals surface area contributed by atoms with Gasteiger partial charge in [-0.05, 0) is 24.6 Å². The Morgan fingerprint density at radius 2 is 1.62 bits per heavy atom. The fourth-order valence-electron chi connectivity index (χ4n) is 3.36. The summed E-state index contributed by atoms with van der Waals surface area (Å²) in [6.45, 7) is 3.97. The van der Waals surface area contributed by atoms with Gasteiger partial charge in [-0.25, -0.2) is 0 Å². The van der Waals surface area contributed by atoms with Gasteiger partial charge < -0.3 is 24.1 Å². The number of phenols is 1. The van der Waals surface area contributed by atoms with Crippen LogP contribution in [0.3, 0.4) is 0 Å². The largest absolute Gasteiger partial charge is 0.504 e. The van der Waals surface area contributed by atoms with Crippen LogP contribution in [0.4, 0.5) is 0 Å². The average Bonchev–Trinajstić information content (AvgIpc) is 2.94. The van der Waals surface area contributed by atoms with Crippen LogP contribution in [0.25, 0.3) is 0 Å². The van der Waals surface area contributed by atoms with E-state index >= 15 is 0 Å². The Bertz CT molecular complexity index is 769. The Hall–Kier alpha value is -2.56. The third kappa shape index (κ3) is 2.40. The molecule has 0 saturated carbocycles. The van der Waals surface area contributed by atoms with E-state index in [2.05, 4.69) is 6.92 Å². The van der Waals surface area contributed by atoms with Crippen LogP contribution in [0, 0.1) is 6.92 Å². The van der Waals surface area contributed by atoms with E-state index < -0.39 is 0 Å². The van der Waals surface area contributed by atoms with E-state index in [9.17, 15) is 5.11 Å². The Kier molecular flexibility index (Phi) is 4.18. The molecule has 5 nitrogen and oxygen atoms in total. The molecular weight excluding hydrogens is 308 g/mol. The van der Waals surface area contributed by atoms with Crippen molar-refractivity contribution in [1.29, 1.82) is 0 Å². The van der Waals surface area contributed by atoms with E-state index in [1.807, 2.05) is 25.1 Å². The van der Waals surface area contributed by atoms with E-state index in [0.717, 1.165) is 22.4 Å². The minimum atomic E-state index is -0.162. The van der Waals surface area contributed by atoms with Gasteiger partial charge in [0.2, 0.25) is 0 Å². The number of ether oxygens (including phenoxy) is 4. The van der Waals surface area contributed by atoms with Crippen LogP contribution in [-0.4, -0.2) is 26.4 Å². The van der Waals surface area contributed by atoms with Crippen LogP contribution in [-0.2, 0) is 0 Å². The summed E-state index contributed by atoms with van der Waals surface area (Å²) in [5.41, 5.74) is 2.79. The van der Waals surface area contributed by atoms with Crippen molar-refractivity contribution in [2.24, 2.45) is 0 Å². The van der Waals surface area contributed by atoms with Gasteiger partial charge in [-0.15, -0.1) is 0 Å². The first-order valence-corrected chi connectivity index (χ1v) is 7.80. The molecule has 1 N–H and O–H groups in total. The summed E-state index contributed by atoms with van der Waals surface area (Å²) in [7, 11) is 4.76. The topological polar surface area (TPSA) is 57.2 Å². The number of phenolic OH excluding ortho intramolecular Hbond substituents is 1. The zero-order chi connectivity index (χ0) is 17.4. The second kappa shape index (κ2) is 6.15. The lowest BCUT2D eigenvalue weighted by Gasteiger charge is -2.18. The summed E-state index contributed by atoms with van der Waals surface area (Å²) in [5, 5.41) is 10.3. The fraction of sp³-hybridized carbons (Fsp3) is 0.368. The van der Waals surface area contributed by atoms with Gasteiger partial charge in [-0.2, -0.15) is 0 Å². The van der Waals surface area contributed by atoms with Crippen molar-refractivity contribution in [2.75, 3.05) is 21.3 Å². The van der Waals surface area contributed by atoms with Crippen LogP contribution in [0.5, 0.6) is 28.7 Å². The molecule has 0 fully saturated rings. The molecule has 1 aliphatic heterocycles. The van der Waals surface area contributed by atoms with Crippen LogP contribution < -0.4 is 18.9 Å². The SMILES string of the molecule is COc1ccc([C@@H]2Oc3cc(OC)c(O)c(C)c3C2C)cc1OC. The van der Waals surface area contributed by atoms with Crippen molar-refractivity contribution in [3.8, 4) is 28.7 Å². The number of hydrogen-bond donors (Lipinski definition) is 1. The van der Waals surface area contributed by atoms with E-state index in [1.165, 1.54) is 7.11 Å². The molecule has 0 aliphatic carbocycles. The van der Waals surface area contributed by atoms with E-state index in [0.29, 0.717) is 17.2 Å². The lowest BCUT2D eigenvalue weighted by molar-refractivity contribution is 0.214. The average molecular weight is 330 g/mol. The lowest BCUT2D eigenvalue weighted by Crippen LogP contribution is -2.08. The highest BCUT2D eigenvalue weighted by atomic mass is 16.5. The quantitative estimate of drug-likeness (QED) is 0.919. The van der Waals surface area contributed by atoms with Crippen molar-refractivity contribution < 1.29 is 24.1 Å². The molecule has 0 aromatic heterocycles. The molecule has 5 heteroatoms. The molecule has 0 amide bonds. The normalized spacial score (nSPS) is 18.7. The minimum Gasteiger partial charge on any atom is -0.504 e. The van der Waals surface area contributed by atoms with Crippen LogP contribution in [0.15, 0.2) is 24.3 Å². The first-order valence-electron chi connectivity index (χ1n) is 7.80. The molecule has 0 spiro atoms. The highest BCUT2D eigenvalue weighted by Crippen LogP contribution is 2.52. The Morgan fingerprint density at radius 1 is 0.958 bits per heavy atom. The van der Waals surface area contributed by atoms with Crippen molar-refractivity contribution in [3.05, 3.63) is 41.0 Å². The van der Waals surface area contributed by atoms with Gasteiger partial charge >= 0.3 is 0 Å². The summed E-state index contributed by atoms with van der Waals surface area (Å²) in [6.07, 6.45) is -0.162. The molecule has 1 aliphatic rings. The number of aromatic hydroxyl groups is 1. The van der Waals surface area contributed by atoms with E-state index in [1.54, 1.807) is 20.3 Å². The molecule has 128 valence electrons. The van der Waals surface area contributed by atoms with E-state index in [4.69, 9.17) is 18.9 Å². The van der Waals surface area contributed by atoms with Gasteiger partial charge in [-0.3, -0.25) is 0 Å². The summed E-state index contributed by atoms with van der Waals surface area (Å²) in [4.78, 5) is 0. The van der Waals surface area contributed by atoms with E-state index in [-0.39, 0.29) is 17.8 Å². The Morgan fingerprint density at radius 3 is 2.25 bits per heavy atom. The molecule has 2 atom stereocenters. The van der Waals surface area contributed by atoms with Crippen molar-refractivity contribution in [1.82, 2.24) is 0 Å². The number of rotatable bonds is 4. The monoisotopic (exact) mass is 330 g/mol. The third-order valence-corrected chi connectivity index (χ3v) is 4.64. The predicted octanol–water partition coefficient (Wildman–Crippen LogP) is 3.96. The fourth-order valence-corrected chi connectivity index (χ4v) is 3.36. The summed E-state index contributed by atoms with van der Waals surface area (Å²) < 4.78 is 22.1. The highest BCUT2D eigenvalue weighted by Gasteiger charge is 2.36. The smallest absolute Gasteiger partial charge is 0.164 e. The maximum atomic E-state index is 10.3. The Labute approximate surface area is 141 Å². The molecule has 1 unspecified atom stereocenters. The zero-order valence-electron chi connectivity index (χ0n) is 14.5. The molecule has 0 saturated heterocycles. The minimum absolute atomic E-state index is 0.0925. The summed E-state index contributed by atoms with van der Waals surface area (Å²) in [6, 6.07) is 7.52. The zero-order valence-corrected chi connectivity index (χ0v) is 14.5. The van der Waals surface area contributed by atoms with Gasteiger partial charge in [0, 0.05) is 23.1 Å². The first kappa shape index (κ1) is 16.3. The molecule has 2 aromatic rings. The van der Waals surface area contributed by atoms with Gasteiger partial charge in [0.05, 0.1) is 21.3 Å². The van der Waals surface area contributed by atoms with Crippen LogP contribution in [0.1, 0.15) is 35.6 Å². The summed E-state index contributed by atoms with van der Waals surface area (Å²) >= 11 is 0. The Balaban J connectivity index is 2.02. The van der Waals surface area contributed by atoms with Gasteiger partial charge in [0.15, 0.2) is 23.0 Å². The van der Waals surface area contributed by atoms with Crippen molar-refractivity contribution >= 4 is 0 Å². The molecule has 3 rings (SSSR count). The van der Waals surface area contributed by atoms with Crippen LogP contribution in [0.2, 0.25) is 0 Å². The molecule has 0 radical (unpaired) electrons. The molecule has 1 heterocycles. The number of hydrogen-bond acceptors (Lipinski definition) is 5. The maximum Gasteiger partial charge on any atom is 0.164 e. The van der Waals surface area contributed by atoms with Crippen molar-refractivity contribution in [2.45, 2.75) is 25.9 Å². The molecule has 24 heavy (non-hydrogen) atoms. The summed E-state index contributed by atoms with van der Waals surface area (Å²) in [5.74, 6) is 2.77. The van der Waals surface area contributed by atoms with Gasteiger partial charge in [-0.1, -0.05) is 13.0 Å². The second-order valence-electron chi connectivity index (χ2n) is 5.91. The second-order valence-corrected chi connectivity index (χ2v) is 5.91. The molecule has 0 bridgehead atoms. The number of benzene rings is 2. The van der Waals surface area contributed by atoms with Gasteiger partial charge in [0.1, 0.15) is 11.9 Å². The molecule has 2 aromatic carbocycles. The van der Waals surface area contributed by atoms with Crippen LogP contribution >= 0.6 is 0 Å². The first-order chi connectivity index (χ1) is 11.5. The van der Waals surface area contributed by atoms with Crippen molar-refractivity contribution in [3.63, 3.8) is 0 Å². The maximum absolute atomic E-state index is 10.3. The lowest BCUT2D eigenvalue weighted by atomic mass is 9.89. The highest BCUT2D eigenvalue weighted by molar-refractivity contribution is 5.60. The number of methoxy groups -OCH3 is 3. The molecular formula is C19H22O5.